The zero-order valence-electron chi connectivity index (χ0n) is 12.4. The Hall–Kier alpha value is -0.936. The maximum atomic E-state index is 5.39. The Balaban J connectivity index is 0.00000161. The Bertz CT molecular complexity index is 615. The van der Waals surface area contributed by atoms with E-state index in [0.717, 1.165) is 48.3 Å². The molecule has 106 valence electrons. The van der Waals surface area contributed by atoms with Crippen LogP contribution < -0.4 is 14.4 Å². The first kappa shape index (κ1) is 16.4. The predicted octanol–water partition coefficient (Wildman–Crippen LogP) is 2.45. The maximum absolute atomic E-state index is 5.39. The minimum Gasteiger partial charge on any atom is -0.493 e. The van der Waals surface area contributed by atoms with Gasteiger partial charge in [0.05, 0.1) is 20.4 Å². The number of methoxy groups -OCH3 is 2. The average molecular weight is 361 g/mol. The molecule has 0 saturated carbocycles. The van der Waals surface area contributed by atoms with Crippen molar-refractivity contribution in [1.29, 1.82) is 0 Å². The molecule has 1 aromatic carbocycles. The van der Waals surface area contributed by atoms with Crippen LogP contribution in [0.5, 0.6) is 11.5 Å². The van der Waals surface area contributed by atoms with Gasteiger partial charge in [0.15, 0.2) is 17.3 Å². The van der Waals surface area contributed by atoms with Crippen LogP contribution >= 0.6 is 0 Å². The van der Waals surface area contributed by atoms with E-state index in [9.17, 15) is 0 Å². The Kier molecular flexibility index (Phi) is 5.76. The Labute approximate surface area is 149 Å². The number of ether oxygens (including phenoxy) is 2. The second kappa shape index (κ2) is 7.36. The molecule has 0 N–H and O–H groups in total. The molecular formula is C15H18N3O2Y+2. The molecule has 0 unspecified atom stereocenters. The van der Waals surface area contributed by atoms with E-state index in [1.54, 1.807) is 20.4 Å². The molecule has 0 radical (unpaired) electrons. The van der Waals surface area contributed by atoms with Gasteiger partial charge in [-0.3, -0.25) is 0 Å². The number of rotatable bonds is 3. The predicted molar refractivity (Wildman–Crippen MR) is 78.4 cm³/mol. The molecule has 5 nitrogen and oxygen atoms in total. The number of aromatic nitrogens is 2. The zero-order chi connectivity index (χ0) is 13.9. The first-order valence-corrected chi connectivity index (χ1v) is 6.77. The van der Waals surface area contributed by atoms with Gasteiger partial charge < -0.3 is 20.8 Å². The summed E-state index contributed by atoms with van der Waals surface area (Å²) in [5.74, 6) is 2.36. The summed E-state index contributed by atoms with van der Waals surface area (Å²) in [6.07, 6.45) is 6.26. The van der Waals surface area contributed by atoms with E-state index in [1.807, 2.05) is 12.1 Å². The first-order valence-electron chi connectivity index (χ1n) is 6.77. The topological polar surface area (TPSA) is 47.5 Å². The summed E-state index contributed by atoms with van der Waals surface area (Å²) in [6, 6.07) is 3.93. The average Bonchev–Trinajstić information content (AvgIpc) is 2.53. The van der Waals surface area contributed by atoms with Crippen LogP contribution in [0, 0.1) is 6.42 Å². The summed E-state index contributed by atoms with van der Waals surface area (Å²) in [4.78, 5) is 2.28. The smallest absolute Gasteiger partial charge is 0.493 e. The number of nitrogens with zero attached hydrogens (tertiary/aromatic N) is 3. The number of hydrogen-bond acceptors (Lipinski definition) is 5. The molecule has 6 heteroatoms. The number of piperidine rings is 1. The van der Waals surface area contributed by atoms with E-state index >= 15 is 0 Å². The second-order valence-corrected chi connectivity index (χ2v) is 4.82. The van der Waals surface area contributed by atoms with E-state index in [0.29, 0.717) is 5.75 Å². The fourth-order valence-electron chi connectivity index (χ4n) is 2.59. The van der Waals surface area contributed by atoms with Crippen molar-refractivity contribution in [3.05, 3.63) is 24.8 Å². The molecule has 1 aliphatic rings. The summed E-state index contributed by atoms with van der Waals surface area (Å²) in [6.45, 7) is 1.98. The molecule has 3 rings (SSSR count). The number of benzene rings is 1. The van der Waals surface area contributed by atoms with Crippen LogP contribution in [0.2, 0.25) is 0 Å². The van der Waals surface area contributed by atoms with Gasteiger partial charge in [0.2, 0.25) is 0 Å². The summed E-state index contributed by atoms with van der Waals surface area (Å²) in [7, 11) is 3.29. The molecule has 2 aromatic rings. The van der Waals surface area contributed by atoms with Crippen LogP contribution in [0.4, 0.5) is 5.82 Å². The van der Waals surface area contributed by atoms with Gasteiger partial charge in [0.1, 0.15) is 0 Å². The number of hydrogen-bond donors (Lipinski definition) is 0. The van der Waals surface area contributed by atoms with Gasteiger partial charge in [-0.05, 0) is 25.2 Å². The third kappa shape index (κ3) is 3.29. The largest absolute Gasteiger partial charge is 3.00 e. The Morgan fingerprint density at radius 1 is 1.10 bits per heavy atom. The second-order valence-electron chi connectivity index (χ2n) is 4.82. The van der Waals surface area contributed by atoms with Crippen LogP contribution in [-0.2, 0) is 32.7 Å². The molecule has 0 atom stereocenters. The maximum Gasteiger partial charge on any atom is 3.00 e. The van der Waals surface area contributed by atoms with Gasteiger partial charge in [0.25, 0.3) is 0 Å². The van der Waals surface area contributed by atoms with Gasteiger partial charge in [-0.1, -0.05) is 0 Å². The van der Waals surface area contributed by atoms with Crippen molar-refractivity contribution in [2.24, 2.45) is 0 Å². The summed E-state index contributed by atoms with van der Waals surface area (Å²) < 4.78 is 10.7. The van der Waals surface area contributed by atoms with Gasteiger partial charge in [-0.25, -0.2) is 0 Å². The Morgan fingerprint density at radius 3 is 2.43 bits per heavy atom. The molecule has 2 heterocycles. The standard InChI is InChI=1S/C15H18N3O2.Y/c1-19-13-8-11-10-16-17-15(12(11)9-14(13)20-2)18-6-4-3-5-7-18;/h3,8-10H,4-7H2,1-2H3;/q-1;+3. The first-order chi connectivity index (χ1) is 9.83. The minimum absolute atomic E-state index is 0. The molecule has 1 saturated heterocycles. The normalized spacial score (nSPS) is 14.7. The third-order valence-electron chi connectivity index (χ3n) is 3.65. The summed E-state index contributed by atoms with van der Waals surface area (Å²) >= 11 is 0. The molecular weight excluding hydrogens is 343 g/mol. The summed E-state index contributed by atoms with van der Waals surface area (Å²) in [5, 5.41) is 10.5. The van der Waals surface area contributed by atoms with Gasteiger partial charge in [-0.2, -0.15) is 17.9 Å². The minimum atomic E-state index is 0. The van der Waals surface area contributed by atoms with Gasteiger partial charge in [-0.15, -0.1) is 5.10 Å². The van der Waals surface area contributed by atoms with Crippen molar-refractivity contribution in [3.63, 3.8) is 0 Å². The van der Waals surface area contributed by atoms with Gasteiger partial charge >= 0.3 is 32.7 Å². The molecule has 21 heavy (non-hydrogen) atoms. The van der Waals surface area contributed by atoms with Crippen LogP contribution in [0.3, 0.4) is 0 Å². The van der Waals surface area contributed by atoms with E-state index in [2.05, 4.69) is 21.5 Å². The van der Waals surface area contributed by atoms with Crippen LogP contribution in [-0.4, -0.2) is 37.5 Å². The van der Waals surface area contributed by atoms with E-state index in [1.165, 1.54) is 0 Å². The van der Waals surface area contributed by atoms with Crippen molar-refractivity contribution in [2.75, 3.05) is 32.2 Å². The van der Waals surface area contributed by atoms with E-state index < -0.39 is 0 Å². The third-order valence-corrected chi connectivity index (χ3v) is 3.65. The molecule has 0 spiro atoms. The number of anilines is 1. The Morgan fingerprint density at radius 2 is 1.76 bits per heavy atom. The molecule has 0 amide bonds. The fraction of sp³-hybridized carbons (Fsp3) is 0.400. The van der Waals surface area contributed by atoms with E-state index in [4.69, 9.17) is 9.47 Å². The number of fused-ring (bicyclic) bond motifs is 1. The molecule has 1 aromatic heterocycles. The summed E-state index contributed by atoms with van der Waals surface area (Å²) in [5.41, 5.74) is 0. The van der Waals surface area contributed by atoms with Crippen molar-refractivity contribution in [3.8, 4) is 11.5 Å². The molecule has 0 aliphatic carbocycles. The molecule has 1 fully saturated rings. The van der Waals surface area contributed by atoms with Crippen LogP contribution in [0.15, 0.2) is 18.3 Å². The molecule has 1 aliphatic heterocycles. The fourth-order valence-corrected chi connectivity index (χ4v) is 2.59. The van der Waals surface area contributed by atoms with Crippen molar-refractivity contribution < 1.29 is 42.2 Å². The van der Waals surface area contributed by atoms with Crippen LogP contribution in [0.1, 0.15) is 12.8 Å². The van der Waals surface area contributed by atoms with Crippen molar-refractivity contribution in [2.45, 2.75) is 12.8 Å². The quantitative estimate of drug-likeness (QED) is 0.786. The van der Waals surface area contributed by atoms with Gasteiger partial charge in [0, 0.05) is 10.8 Å². The monoisotopic (exact) mass is 361 g/mol. The SMILES string of the molecule is COc1cc2cnnc(N3CC[CH-]CC3)c2cc1OC.[Y+3]. The van der Waals surface area contributed by atoms with Crippen molar-refractivity contribution in [1.82, 2.24) is 10.2 Å². The van der Waals surface area contributed by atoms with E-state index in [-0.39, 0.29) is 32.7 Å². The van der Waals surface area contributed by atoms with Crippen molar-refractivity contribution >= 4 is 16.6 Å². The zero-order valence-corrected chi connectivity index (χ0v) is 15.2. The molecule has 0 bridgehead atoms. The van der Waals surface area contributed by atoms with Crippen LogP contribution in [0.25, 0.3) is 10.8 Å².